The molecule has 0 aromatic carbocycles. The standard InChI is InChI=1S/C21H27N7O2.CH2O2/c1-2-10-28-14-24-26-19(28)12-23-20(29)15-3-6-17(7-4-15)25-21(30)16-5-8-18-22-9-11-27(18)13-16;2-1-3/h5,8-9,11,13-15,17H,2-4,6-7,10,12H2,1H3,(H,23,29)(H,25,30);1H,(H,2,3). The number of nitrogens with zero attached hydrogens (tertiary/aromatic N) is 5. The summed E-state index contributed by atoms with van der Waals surface area (Å²) >= 11 is 0. The Kier molecular flexibility index (Phi) is 8.50. The Morgan fingerprint density at radius 1 is 1.24 bits per heavy atom. The van der Waals surface area contributed by atoms with E-state index in [-0.39, 0.29) is 30.2 Å². The van der Waals surface area contributed by atoms with Crippen molar-refractivity contribution in [3.63, 3.8) is 0 Å². The minimum atomic E-state index is -0.250. The fourth-order valence-electron chi connectivity index (χ4n) is 3.98. The molecule has 11 nitrogen and oxygen atoms in total. The molecule has 3 aromatic heterocycles. The molecular formula is C22H29N7O4. The summed E-state index contributed by atoms with van der Waals surface area (Å²) in [5.74, 6) is 0.717. The van der Waals surface area contributed by atoms with E-state index in [2.05, 4.69) is 32.7 Å². The van der Waals surface area contributed by atoms with Gasteiger partial charge in [-0.15, -0.1) is 10.2 Å². The summed E-state index contributed by atoms with van der Waals surface area (Å²) in [7, 11) is 0. The van der Waals surface area contributed by atoms with Crippen molar-refractivity contribution in [2.24, 2.45) is 5.92 Å². The third-order valence-corrected chi connectivity index (χ3v) is 5.67. The van der Waals surface area contributed by atoms with Gasteiger partial charge in [-0.2, -0.15) is 0 Å². The first-order valence-electron chi connectivity index (χ1n) is 11.0. The SMILES string of the molecule is CCCn1cnnc1CNC(=O)C1CCC(NC(=O)c2ccc3nccn3c2)CC1.O=CO. The summed E-state index contributed by atoms with van der Waals surface area (Å²) in [6, 6.07) is 3.71. The van der Waals surface area contributed by atoms with Crippen LogP contribution in [0.3, 0.4) is 0 Å². The van der Waals surface area contributed by atoms with Crippen LogP contribution >= 0.6 is 0 Å². The van der Waals surface area contributed by atoms with E-state index in [1.807, 2.05) is 21.2 Å². The van der Waals surface area contributed by atoms with E-state index >= 15 is 0 Å². The molecule has 0 saturated heterocycles. The summed E-state index contributed by atoms with van der Waals surface area (Å²) < 4.78 is 3.80. The van der Waals surface area contributed by atoms with Gasteiger partial charge in [-0.25, -0.2) is 4.98 Å². The highest BCUT2D eigenvalue weighted by atomic mass is 16.3. The molecule has 3 N–H and O–H groups in total. The van der Waals surface area contributed by atoms with Crippen molar-refractivity contribution in [2.45, 2.75) is 58.2 Å². The van der Waals surface area contributed by atoms with Crippen molar-refractivity contribution < 1.29 is 19.5 Å². The average Bonchev–Trinajstić information content (AvgIpc) is 3.47. The molecule has 0 bridgehead atoms. The Bertz CT molecular complexity index is 1070. The first-order valence-corrected chi connectivity index (χ1v) is 11.0. The molecule has 33 heavy (non-hydrogen) atoms. The molecule has 1 saturated carbocycles. The maximum absolute atomic E-state index is 12.6. The fraction of sp³-hybridized carbons (Fsp3) is 0.455. The lowest BCUT2D eigenvalue weighted by atomic mass is 9.85. The number of imidazole rings is 1. The van der Waals surface area contributed by atoms with Crippen molar-refractivity contribution in [1.29, 1.82) is 0 Å². The number of fused-ring (bicyclic) bond motifs is 1. The van der Waals surface area contributed by atoms with Gasteiger partial charge in [-0.1, -0.05) is 6.92 Å². The predicted octanol–water partition coefficient (Wildman–Crippen LogP) is 1.64. The summed E-state index contributed by atoms with van der Waals surface area (Å²) in [5, 5.41) is 21.0. The highest BCUT2D eigenvalue weighted by Crippen LogP contribution is 2.25. The first kappa shape index (κ1) is 23.9. The van der Waals surface area contributed by atoms with Gasteiger partial charge >= 0.3 is 0 Å². The molecule has 11 heteroatoms. The lowest BCUT2D eigenvalue weighted by Crippen LogP contribution is -2.41. The second-order valence-corrected chi connectivity index (χ2v) is 7.90. The van der Waals surface area contributed by atoms with Crippen molar-refractivity contribution in [3.05, 3.63) is 48.4 Å². The molecule has 3 heterocycles. The summed E-state index contributed by atoms with van der Waals surface area (Å²) in [5.41, 5.74) is 1.42. The summed E-state index contributed by atoms with van der Waals surface area (Å²) in [6.45, 7) is 3.08. The van der Waals surface area contributed by atoms with E-state index < -0.39 is 0 Å². The molecule has 176 valence electrons. The van der Waals surface area contributed by atoms with E-state index in [0.717, 1.165) is 50.1 Å². The normalized spacial score (nSPS) is 17.6. The van der Waals surface area contributed by atoms with Crippen LogP contribution in [0.4, 0.5) is 0 Å². The number of rotatable bonds is 7. The molecule has 0 spiro atoms. The summed E-state index contributed by atoms with van der Waals surface area (Å²) in [4.78, 5) is 37.7. The minimum Gasteiger partial charge on any atom is -0.483 e. The Balaban J connectivity index is 0.000000968. The minimum absolute atomic E-state index is 0.0250. The van der Waals surface area contributed by atoms with Gasteiger partial charge in [0.05, 0.1) is 12.1 Å². The number of carbonyl (C=O) groups excluding carboxylic acids is 2. The molecular weight excluding hydrogens is 426 g/mol. The molecule has 0 atom stereocenters. The van der Waals surface area contributed by atoms with Crippen LogP contribution in [0.25, 0.3) is 5.65 Å². The van der Waals surface area contributed by atoms with Crippen LogP contribution in [0.15, 0.2) is 37.1 Å². The molecule has 2 amide bonds. The van der Waals surface area contributed by atoms with Crippen molar-refractivity contribution in [2.75, 3.05) is 0 Å². The highest BCUT2D eigenvalue weighted by molar-refractivity contribution is 5.94. The molecule has 1 aliphatic carbocycles. The maximum atomic E-state index is 12.6. The number of carboxylic acid groups (broad SMARTS) is 1. The Morgan fingerprint density at radius 3 is 2.73 bits per heavy atom. The van der Waals surface area contributed by atoms with Gasteiger partial charge in [0.2, 0.25) is 5.91 Å². The number of aromatic nitrogens is 5. The van der Waals surface area contributed by atoms with Gasteiger partial charge in [0.15, 0.2) is 5.82 Å². The average molecular weight is 456 g/mol. The molecule has 1 fully saturated rings. The topological polar surface area (TPSA) is 144 Å². The highest BCUT2D eigenvalue weighted by Gasteiger charge is 2.27. The zero-order chi connectivity index (χ0) is 23.6. The second-order valence-electron chi connectivity index (χ2n) is 7.90. The van der Waals surface area contributed by atoms with Crippen LogP contribution in [-0.4, -0.2) is 53.6 Å². The van der Waals surface area contributed by atoms with Crippen molar-refractivity contribution >= 4 is 23.9 Å². The second kappa shape index (κ2) is 11.7. The fourth-order valence-corrected chi connectivity index (χ4v) is 3.98. The number of hydrogen-bond acceptors (Lipinski definition) is 6. The molecule has 0 radical (unpaired) electrons. The Labute approximate surface area is 191 Å². The molecule has 4 rings (SSSR count). The molecule has 3 aromatic rings. The molecule has 0 unspecified atom stereocenters. The van der Waals surface area contributed by atoms with Crippen LogP contribution < -0.4 is 10.6 Å². The monoisotopic (exact) mass is 455 g/mol. The van der Waals surface area contributed by atoms with Crippen molar-refractivity contribution in [1.82, 2.24) is 34.8 Å². The number of amides is 2. The molecule has 1 aliphatic rings. The Morgan fingerprint density at radius 2 is 2.00 bits per heavy atom. The van der Waals surface area contributed by atoms with E-state index in [9.17, 15) is 9.59 Å². The number of pyridine rings is 1. The van der Waals surface area contributed by atoms with E-state index in [1.165, 1.54) is 0 Å². The van der Waals surface area contributed by atoms with Gasteiger partial charge in [0.1, 0.15) is 12.0 Å². The number of aryl methyl sites for hydroxylation is 1. The zero-order valence-electron chi connectivity index (χ0n) is 18.6. The van der Waals surface area contributed by atoms with Gasteiger partial charge in [0, 0.05) is 37.1 Å². The molecule has 0 aliphatic heterocycles. The van der Waals surface area contributed by atoms with Crippen LogP contribution in [0.5, 0.6) is 0 Å². The zero-order valence-corrected chi connectivity index (χ0v) is 18.6. The van der Waals surface area contributed by atoms with E-state index in [1.54, 1.807) is 24.8 Å². The number of hydrogen-bond donors (Lipinski definition) is 3. The first-order chi connectivity index (χ1) is 16.0. The van der Waals surface area contributed by atoms with Gasteiger partial charge in [-0.05, 0) is 44.2 Å². The third-order valence-electron chi connectivity index (χ3n) is 5.67. The van der Waals surface area contributed by atoms with Crippen LogP contribution in [0.2, 0.25) is 0 Å². The van der Waals surface area contributed by atoms with Crippen LogP contribution in [-0.2, 0) is 22.7 Å². The van der Waals surface area contributed by atoms with Gasteiger partial charge in [0.25, 0.3) is 12.4 Å². The number of nitrogens with one attached hydrogen (secondary N) is 2. The lowest BCUT2D eigenvalue weighted by Gasteiger charge is -2.28. The third kappa shape index (κ3) is 6.37. The predicted molar refractivity (Wildman–Crippen MR) is 119 cm³/mol. The largest absolute Gasteiger partial charge is 0.483 e. The van der Waals surface area contributed by atoms with Gasteiger partial charge < -0.3 is 24.7 Å². The van der Waals surface area contributed by atoms with E-state index in [4.69, 9.17) is 9.90 Å². The maximum Gasteiger partial charge on any atom is 0.290 e. The lowest BCUT2D eigenvalue weighted by molar-refractivity contribution is -0.126. The number of carbonyl (C=O) groups is 3. The Hall–Kier alpha value is -3.76. The quantitative estimate of drug-likeness (QED) is 0.460. The smallest absolute Gasteiger partial charge is 0.290 e. The van der Waals surface area contributed by atoms with E-state index in [0.29, 0.717) is 12.1 Å². The summed E-state index contributed by atoms with van der Waals surface area (Å²) in [6.07, 6.45) is 11.1. The van der Waals surface area contributed by atoms with Crippen molar-refractivity contribution in [3.8, 4) is 0 Å². The van der Waals surface area contributed by atoms with Gasteiger partial charge in [-0.3, -0.25) is 14.4 Å². The van der Waals surface area contributed by atoms with Crippen LogP contribution in [0.1, 0.15) is 55.2 Å². The van der Waals surface area contributed by atoms with Crippen LogP contribution in [0, 0.1) is 5.92 Å².